The van der Waals surface area contributed by atoms with Crippen LogP contribution in [-0.4, -0.2) is 57.6 Å². The lowest BCUT2D eigenvalue weighted by molar-refractivity contribution is -0.0671. The number of aromatic nitrogens is 3. The van der Waals surface area contributed by atoms with Crippen molar-refractivity contribution < 1.29 is 33.3 Å². The maximum Gasteiger partial charge on any atom is 0.338 e. The summed E-state index contributed by atoms with van der Waals surface area (Å²) in [5, 5.41) is 4.09. The highest BCUT2D eigenvalue weighted by Crippen LogP contribution is 2.35. The van der Waals surface area contributed by atoms with Gasteiger partial charge in [-0.1, -0.05) is 54.6 Å². The molecule has 2 heterocycles. The van der Waals surface area contributed by atoms with Gasteiger partial charge in [0, 0.05) is 0 Å². The number of nitrogens with two attached hydrogens (primary N) is 1. The van der Waals surface area contributed by atoms with Crippen LogP contribution in [0.4, 0.5) is 5.95 Å². The van der Waals surface area contributed by atoms with Crippen LogP contribution < -0.4 is 5.73 Å². The van der Waals surface area contributed by atoms with Crippen molar-refractivity contribution in [3.8, 4) is 0 Å². The summed E-state index contributed by atoms with van der Waals surface area (Å²) in [5.41, 5.74) is 6.60. The van der Waals surface area contributed by atoms with E-state index in [0.717, 1.165) is 0 Å². The summed E-state index contributed by atoms with van der Waals surface area (Å²) < 4.78 is 24.5. The molecule has 1 fully saturated rings. The molecule has 11 heteroatoms. The number of carbonyl (C=O) groups excluding carboxylic acids is 3. The van der Waals surface area contributed by atoms with Crippen LogP contribution in [0.25, 0.3) is 0 Å². The molecule has 0 radical (unpaired) electrons. The van der Waals surface area contributed by atoms with Gasteiger partial charge in [0.25, 0.3) is 0 Å². The maximum absolute atomic E-state index is 13.1. The average molecular weight is 529 g/mol. The van der Waals surface area contributed by atoms with Crippen molar-refractivity contribution >= 4 is 23.9 Å². The van der Waals surface area contributed by atoms with Gasteiger partial charge in [-0.05, 0) is 36.4 Å². The number of ether oxygens (including phenoxy) is 4. The number of esters is 3. The molecule has 0 spiro atoms. The minimum absolute atomic E-state index is 0.0384. The SMILES string of the molecule is Nc1ncn([C@@H]2O[C@H](COC(=O)c3ccccc3)[C@@H](OC(=O)c3ccccc3)[C@H]2OC(=O)c2ccccc2)n1. The first-order valence-electron chi connectivity index (χ1n) is 12.1. The van der Waals surface area contributed by atoms with E-state index in [2.05, 4.69) is 10.1 Å². The lowest BCUT2D eigenvalue weighted by Gasteiger charge is -2.24. The highest BCUT2D eigenvalue weighted by Gasteiger charge is 2.51. The number of hydrogen-bond acceptors (Lipinski definition) is 10. The second-order valence-electron chi connectivity index (χ2n) is 8.58. The summed E-state index contributed by atoms with van der Waals surface area (Å²) in [6.45, 7) is -0.305. The standard InChI is InChI=1S/C28H24N4O7/c29-28-30-17-32(31-28)24-23(39-27(35)20-14-8-3-9-15-20)22(38-26(34)19-12-6-2-7-13-19)21(37-24)16-36-25(33)18-10-4-1-5-11-18/h1-15,17,21-24H,16H2,(H2,29,31)/t21-,22-,23-,24-/m1/s1. The fourth-order valence-electron chi connectivity index (χ4n) is 4.08. The molecule has 1 aliphatic heterocycles. The van der Waals surface area contributed by atoms with E-state index in [9.17, 15) is 14.4 Å². The molecule has 2 N–H and O–H groups in total. The third kappa shape index (κ3) is 5.94. The van der Waals surface area contributed by atoms with Crippen molar-refractivity contribution in [1.82, 2.24) is 14.8 Å². The molecular formula is C28H24N4O7. The largest absolute Gasteiger partial charge is 0.459 e. The summed E-state index contributed by atoms with van der Waals surface area (Å²) in [6, 6.07) is 25.0. The highest BCUT2D eigenvalue weighted by atomic mass is 16.7. The minimum atomic E-state index is -1.19. The van der Waals surface area contributed by atoms with Crippen molar-refractivity contribution in [3.05, 3.63) is 114 Å². The summed E-state index contributed by atoms with van der Waals surface area (Å²) >= 11 is 0. The van der Waals surface area contributed by atoms with Crippen LogP contribution in [0, 0.1) is 0 Å². The Bertz CT molecular complexity index is 1430. The van der Waals surface area contributed by atoms with E-state index in [0.29, 0.717) is 5.56 Å². The quantitative estimate of drug-likeness (QED) is 0.267. The molecule has 0 bridgehead atoms. The Balaban J connectivity index is 1.45. The third-order valence-corrected chi connectivity index (χ3v) is 5.97. The zero-order valence-corrected chi connectivity index (χ0v) is 20.5. The Morgan fingerprint density at radius 3 is 1.72 bits per heavy atom. The van der Waals surface area contributed by atoms with Gasteiger partial charge in [-0.2, -0.15) is 0 Å². The van der Waals surface area contributed by atoms with Crippen LogP contribution in [0.3, 0.4) is 0 Å². The first-order valence-corrected chi connectivity index (χ1v) is 12.1. The highest BCUT2D eigenvalue weighted by molar-refractivity contribution is 5.91. The van der Waals surface area contributed by atoms with E-state index in [1.165, 1.54) is 11.0 Å². The zero-order valence-electron chi connectivity index (χ0n) is 20.5. The molecule has 3 aromatic carbocycles. The van der Waals surface area contributed by atoms with Gasteiger partial charge in [-0.25, -0.2) is 24.0 Å². The monoisotopic (exact) mass is 528 g/mol. The van der Waals surface area contributed by atoms with Crippen LogP contribution >= 0.6 is 0 Å². The number of hydrogen-bond donors (Lipinski definition) is 1. The molecule has 1 aliphatic rings. The topological polar surface area (TPSA) is 145 Å². The smallest absolute Gasteiger partial charge is 0.338 e. The molecule has 4 aromatic rings. The number of nitrogens with zero attached hydrogens (tertiary/aromatic N) is 3. The number of anilines is 1. The Morgan fingerprint density at radius 1 is 0.744 bits per heavy atom. The Labute approximate surface area is 223 Å². The Hall–Kier alpha value is -5.03. The predicted octanol–water partition coefficient (Wildman–Crippen LogP) is 3.07. The number of benzene rings is 3. The average Bonchev–Trinajstić information content (AvgIpc) is 3.56. The lowest BCUT2D eigenvalue weighted by Crippen LogP contribution is -2.41. The molecule has 39 heavy (non-hydrogen) atoms. The van der Waals surface area contributed by atoms with Crippen molar-refractivity contribution in [1.29, 1.82) is 0 Å². The van der Waals surface area contributed by atoms with Gasteiger partial charge in [0.1, 0.15) is 19.0 Å². The fourth-order valence-corrected chi connectivity index (χ4v) is 4.08. The van der Waals surface area contributed by atoms with Crippen LogP contribution in [0.1, 0.15) is 37.3 Å². The van der Waals surface area contributed by atoms with E-state index in [-0.39, 0.29) is 23.7 Å². The van der Waals surface area contributed by atoms with Crippen molar-refractivity contribution in [2.75, 3.05) is 12.3 Å². The third-order valence-electron chi connectivity index (χ3n) is 5.97. The normalized spacial score (nSPS) is 20.2. The zero-order chi connectivity index (χ0) is 27.2. The lowest BCUT2D eigenvalue weighted by atomic mass is 10.1. The van der Waals surface area contributed by atoms with E-state index >= 15 is 0 Å². The summed E-state index contributed by atoms with van der Waals surface area (Å²) in [5.74, 6) is -1.99. The molecule has 0 unspecified atom stereocenters. The van der Waals surface area contributed by atoms with Crippen molar-refractivity contribution in [2.24, 2.45) is 0 Å². The van der Waals surface area contributed by atoms with Gasteiger partial charge < -0.3 is 24.7 Å². The van der Waals surface area contributed by atoms with Crippen LogP contribution in [-0.2, 0) is 18.9 Å². The van der Waals surface area contributed by atoms with Crippen molar-refractivity contribution in [2.45, 2.75) is 24.5 Å². The first-order chi connectivity index (χ1) is 19.0. The molecule has 198 valence electrons. The van der Waals surface area contributed by atoms with Crippen LogP contribution in [0.5, 0.6) is 0 Å². The Kier molecular flexibility index (Phi) is 7.60. The van der Waals surface area contributed by atoms with E-state index in [1.54, 1.807) is 91.0 Å². The number of carbonyl (C=O) groups is 3. The maximum atomic E-state index is 13.1. The predicted molar refractivity (Wildman–Crippen MR) is 136 cm³/mol. The number of rotatable bonds is 8. The Morgan fingerprint density at radius 2 is 1.23 bits per heavy atom. The summed E-state index contributed by atoms with van der Waals surface area (Å²) in [6.07, 6.45) is -3.17. The van der Waals surface area contributed by atoms with Gasteiger partial charge in [0.15, 0.2) is 18.4 Å². The van der Waals surface area contributed by atoms with Gasteiger partial charge >= 0.3 is 17.9 Å². The van der Waals surface area contributed by atoms with Gasteiger partial charge in [-0.15, -0.1) is 5.10 Å². The molecular weight excluding hydrogens is 504 g/mol. The van der Waals surface area contributed by atoms with Crippen LogP contribution in [0.2, 0.25) is 0 Å². The number of nitrogen functional groups attached to an aromatic ring is 1. The summed E-state index contributed by atoms with van der Waals surface area (Å²) in [4.78, 5) is 42.7. The minimum Gasteiger partial charge on any atom is -0.459 e. The molecule has 0 aliphatic carbocycles. The first kappa shape index (κ1) is 25.6. The van der Waals surface area contributed by atoms with E-state index in [4.69, 9.17) is 24.7 Å². The molecule has 0 amide bonds. The van der Waals surface area contributed by atoms with Crippen LogP contribution in [0.15, 0.2) is 97.3 Å². The fraction of sp³-hybridized carbons (Fsp3) is 0.179. The van der Waals surface area contributed by atoms with E-state index < -0.39 is 42.4 Å². The molecule has 11 nitrogen and oxygen atoms in total. The summed E-state index contributed by atoms with van der Waals surface area (Å²) in [7, 11) is 0. The molecule has 0 saturated carbocycles. The van der Waals surface area contributed by atoms with Gasteiger partial charge in [0.05, 0.1) is 16.7 Å². The molecule has 5 rings (SSSR count). The molecule has 1 aromatic heterocycles. The van der Waals surface area contributed by atoms with E-state index in [1.807, 2.05) is 0 Å². The molecule has 4 atom stereocenters. The van der Waals surface area contributed by atoms with Crippen molar-refractivity contribution in [3.63, 3.8) is 0 Å². The molecule has 1 saturated heterocycles. The van der Waals surface area contributed by atoms with Gasteiger partial charge in [0.2, 0.25) is 5.95 Å². The second-order valence-corrected chi connectivity index (χ2v) is 8.58. The van der Waals surface area contributed by atoms with Gasteiger partial charge in [-0.3, -0.25) is 0 Å². The second kappa shape index (κ2) is 11.6.